The molecule has 1 heterocycles. The number of aryl methyl sites for hydroxylation is 1. The Balaban J connectivity index is 2.13. The first kappa shape index (κ1) is 18.3. The maximum absolute atomic E-state index is 12.2. The van der Waals surface area contributed by atoms with Gasteiger partial charge in [0.05, 0.1) is 31.5 Å². The molecule has 0 aliphatic carbocycles. The lowest BCUT2D eigenvalue weighted by Crippen LogP contribution is -2.17. The minimum atomic E-state index is -1.16. The number of aromatic nitrogens is 2. The van der Waals surface area contributed by atoms with Crippen LogP contribution in [0.3, 0.4) is 0 Å². The minimum absolute atomic E-state index is 0.0699. The number of hydrogen-bond acceptors (Lipinski definition) is 5. The Bertz CT molecular complexity index is 770. The second kappa shape index (κ2) is 8.18. The van der Waals surface area contributed by atoms with Gasteiger partial charge in [-0.3, -0.25) is 9.48 Å². The molecular weight excluding hydrogens is 326 g/mol. The van der Waals surface area contributed by atoms with Crippen molar-refractivity contribution in [2.75, 3.05) is 18.5 Å². The third-order valence-corrected chi connectivity index (χ3v) is 3.39. The Morgan fingerprint density at radius 1 is 1.20 bits per heavy atom. The Labute approximate surface area is 145 Å². The molecule has 0 radical (unpaired) electrons. The van der Waals surface area contributed by atoms with Crippen LogP contribution in [0.1, 0.15) is 29.9 Å². The molecule has 1 aromatic heterocycles. The summed E-state index contributed by atoms with van der Waals surface area (Å²) in [4.78, 5) is 23.4. The largest absolute Gasteiger partial charge is 0.490 e. The molecule has 2 N–H and O–H groups in total. The van der Waals surface area contributed by atoms with Gasteiger partial charge in [-0.2, -0.15) is 5.10 Å². The number of carboxylic acid groups (broad SMARTS) is 1. The normalized spacial score (nSPS) is 10.4. The number of carbonyl (C=O) groups excluding carboxylic acids is 1. The van der Waals surface area contributed by atoms with Gasteiger partial charge in [-0.1, -0.05) is 6.07 Å². The van der Waals surface area contributed by atoms with Crippen molar-refractivity contribution >= 4 is 17.6 Å². The van der Waals surface area contributed by atoms with Gasteiger partial charge >= 0.3 is 5.97 Å². The average molecular weight is 347 g/mol. The van der Waals surface area contributed by atoms with Crippen molar-refractivity contribution in [3.8, 4) is 11.5 Å². The predicted molar refractivity (Wildman–Crippen MR) is 91.3 cm³/mol. The Hall–Kier alpha value is -3.03. The summed E-state index contributed by atoms with van der Waals surface area (Å²) < 4.78 is 12.2. The minimum Gasteiger partial charge on any atom is -0.490 e. The smallest absolute Gasteiger partial charge is 0.356 e. The molecule has 25 heavy (non-hydrogen) atoms. The van der Waals surface area contributed by atoms with E-state index in [4.69, 9.17) is 9.47 Å². The van der Waals surface area contributed by atoms with Gasteiger partial charge in [0.1, 0.15) is 0 Å². The van der Waals surface area contributed by atoms with Crippen LogP contribution in [0.15, 0.2) is 24.4 Å². The van der Waals surface area contributed by atoms with Crippen molar-refractivity contribution in [3.05, 3.63) is 35.7 Å². The molecule has 0 aliphatic rings. The van der Waals surface area contributed by atoms with Crippen molar-refractivity contribution in [1.29, 1.82) is 0 Å². The molecule has 134 valence electrons. The van der Waals surface area contributed by atoms with Crippen molar-refractivity contribution in [2.45, 2.75) is 20.3 Å². The second-order valence-corrected chi connectivity index (χ2v) is 5.21. The summed E-state index contributed by atoms with van der Waals surface area (Å²) in [6.45, 7) is 4.74. The molecule has 2 aromatic rings. The summed E-state index contributed by atoms with van der Waals surface area (Å²) in [5, 5.41) is 15.6. The second-order valence-electron chi connectivity index (χ2n) is 5.21. The van der Waals surface area contributed by atoms with E-state index >= 15 is 0 Å². The fraction of sp³-hybridized carbons (Fsp3) is 0.353. The fourth-order valence-electron chi connectivity index (χ4n) is 2.37. The van der Waals surface area contributed by atoms with Gasteiger partial charge in [0.2, 0.25) is 5.91 Å². The number of rotatable bonds is 8. The first-order valence-electron chi connectivity index (χ1n) is 7.89. The first-order chi connectivity index (χ1) is 12.0. The van der Waals surface area contributed by atoms with Gasteiger partial charge in [-0.05, 0) is 31.5 Å². The zero-order valence-corrected chi connectivity index (χ0v) is 14.4. The highest BCUT2D eigenvalue weighted by atomic mass is 16.5. The van der Waals surface area contributed by atoms with Crippen LogP contribution in [-0.4, -0.2) is 40.0 Å². The van der Waals surface area contributed by atoms with E-state index in [0.717, 1.165) is 5.56 Å². The van der Waals surface area contributed by atoms with Crippen molar-refractivity contribution in [1.82, 2.24) is 9.78 Å². The fourth-order valence-corrected chi connectivity index (χ4v) is 2.37. The SMILES string of the molecule is CCOc1ccc(CC(=O)Nc2cnn(C)c2C(=O)O)cc1OCC. The molecule has 1 aromatic carbocycles. The number of nitrogens with zero attached hydrogens (tertiary/aromatic N) is 2. The summed E-state index contributed by atoms with van der Waals surface area (Å²) >= 11 is 0. The zero-order valence-electron chi connectivity index (χ0n) is 14.4. The molecule has 0 saturated heterocycles. The van der Waals surface area contributed by atoms with Crippen molar-refractivity contribution in [2.24, 2.45) is 7.05 Å². The molecule has 0 fully saturated rings. The molecule has 2 rings (SSSR count). The molecule has 0 spiro atoms. The van der Waals surface area contributed by atoms with Crippen LogP contribution in [0.25, 0.3) is 0 Å². The maximum Gasteiger partial charge on any atom is 0.356 e. The van der Waals surface area contributed by atoms with Crippen molar-refractivity contribution in [3.63, 3.8) is 0 Å². The first-order valence-corrected chi connectivity index (χ1v) is 7.89. The lowest BCUT2D eigenvalue weighted by atomic mass is 10.1. The van der Waals surface area contributed by atoms with Crippen LogP contribution in [0, 0.1) is 0 Å². The van der Waals surface area contributed by atoms with Gasteiger partial charge in [-0.25, -0.2) is 4.79 Å². The number of aromatic carboxylic acids is 1. The maximum atomic E-state index is 12.2. The number of hydrogen-bond donors (Lipinski definition) is 2. The van der Waals surface area contributed by atoms with Crippen LogP contribution < -0.4 is 14.8 Å². The van der Waals surface area contributed by atoms with E-state index in [0.29, 0.717) is 24.7 Å². The third-order valence-electron chi connectivity index (χ3n) is 3.39. The van der Waals surface area contributed by atoms with Gasteiger partial charge in [0.15, 0.2) is 17.2 Å². The topological polar surface area (TPSA) is 103 Å². The summed E-state index contributed by atoms with van der Waals surface area (Å²) in [6, 6.07) is 5.27. The summed E-state index contributed by atoms with van der Waals surface area (Å²) in [5.74, 6) is -0.312. The molecule has 8 heteroatoms. The van der Waals surface area contributed by atoms with E-state index in [9.17, 15) is 14.7 Å². The van der Waals surface area contributed by atoms with Crippen LogP contribution in [0.4, 0.5) is 5.69 Å². The van der Waals surface area contributed by atoms with Gasteiger partial charge in [0.25, 0.3) is 0 Å². The van der Waals surface area contributed by atoms with Crippen LogP contribution >= 0.6 is 0 Å². The Kier molecular flexibility index (Phi) is 5.99. The van der Waals surface area contributed by atoms with Gasteiger partial charge in [-0.15, -0.1) is 0 Å². The van der Waals surface area contributed by atoms with Crippen LogP contribution in [0.5, 0.6) is 11.5 Å². The number of anilines is 1. The Morgan fingerprint density at radius 3 is 2.52 bits per heavy atom. The lowest BCUT2D eigenvalue weighted by molar-refractivity contribution is -0.115. The number of benzene rings is 1. The average Bonchev–Trinajstić information content (AvgIpc) is 2.90. The summed E-state index contributed by atoms with van der Waals surface area (Å²) in [7, 11) is 1.50. The van der Waals surface area contributed by atoms with Crippen molar-refractivity contribution < 1.29 is 24.2 Å². The number of carbonyl (C=O) groups is 2. The molecule has 0 unspecified atom stereocenters. The van der Waals surface area contributed by atoms with Crippen LogP contribution in [0.2, 0.25) is 0 Å². The molecule has 0 saturated carbocycles. The Morgan fingerprint density at radius 2 is 1.88 bits per heavy atom. The number of ether oxygens (including phenoxy) is 2. The predicted octanol–water partition coefficient (Wildman–Crippen LogP) is 2.10. The van der Waals surface area contributed by atoms with E-state index in [1.165, 1.54) is 17.9 Å². The molecule has 8 nitrogen and oxygen atoms in total. The molecule has 0 atom stereocenters. The molecular formula is C17H21N3O5. The highest BCUT2D eigenvalue weighted by Gasteiger charge is 2.18. The highest BCUT2D eigenvalue weighted by Crippen LogP contribution is 2.29. The molecule has 0 aliphatic heterocycles. The highest BCUT2D eigenvalue weighted by molar-refractivity contribution is 5.99. The van der Waals surface area contributed by atoms with E-state index in [2.05, 4.69) is 10.4 Å². The summed E-state index contributed by atoms with van der Waals surface area (Å²) in [5.41, 5.74) is 0.816. The van der Waals surface area contributed by atoms with Gasteiger partial charge in [0, 0.05) is 7.05 Å². The molecule has 1 amide bonds. The van der Waals surface area contributed by atoms with E-state index in [1.807, 2.05) is 13.8 Å². The molecule has 0 bridgehead atoms. The lowest BCUT2D eigenvalue weighted by Gasteiger charge is -2.12. The standard InChI is InChI=1S/C17H21N3O5/c1-4-24-13-7-6-11(8-14(13)25-5-2)9-15(21)19-12-10-18-20(3)16(12)17(22)23/h6-8,10H,4-5,9H2,1-3H3,(H,19,21)(H,22,23). The quantitative estimate of drug-likeness (QED) is 0.758. The van der Waals surface area contributed by atoms with Crippen LogP contribution in [-0.2, 0) is 18.3 Å². The van der Waals surface area contributed by atoms with E-state index < -0.39 is 5.97 Å². The summed E-state index contributed by atoms with van der Waals surface area (Å²) in [6.07, 6.45) is 1.38. The number of amides is 1. The van der Waals surface area contributed by atoms with Gasteiger partial charge < -0.3 is 19.9 Å². The number of nitrogens with one attached hydrogen (secondary N) is 1. The van der Waals surface area contributed by atoms with E-state index in [1.54, 1.807) is 18.2 Å². The number of carboxylic acids is 1. The van der Waals surface area contributed by atoms with E-state index in [-0.39, 0.29) is 23.7 Å². The monoisotopic (exact) mass is 347 g/mol. The third kappa shape index (κ3) is 4.50. The zero-order chi connectivity index (χ0) is 18.4.